The van der Waals surface area contributed by atoms with Gasteiger partial charge in [-0.1, -0.05) is 27.7 Å². The molecule has 0 aromatic heterocycles. The highest BCUT2D eigenvalue weighted by Gasteiger charge is 2.09. The van der Waals surface area contributed by atoms with Crippen LogP contribution in [-0.2, 0) is 0 Å². The summed E-state index contributed by atoms with van der Waals surface area (Å²) in [6, 6.07) is 0. The third-order valence-electron chi connectivity index (χ3n) is 1.48. The molecule has 2 nitrogen and oxygen atoms in total. The Morgan fingerprint density at radius 1 is 1.17 bits per heavy atom. The zero-order valence-electron chi connectivity index (χ0n) is 8.50. The summed E-state index contributed by atoms with van der Waals surface area (Å²) in [5.41, 5.74) is 5.59. The van der Waals surface area contributed by atoms with E-state index in [0.717, 1.165) is 13.1 Å². The number of hydrogen-bond acceptors (Lipinski definition) is 1. The summed E-state index contributed by atoms with van der Waals surface area (Å²) in [5.74, 6) is 1.23. The lowest BCUT2D eigenvalue weighted by molar-refractivity contribution is 0.330. The molecule has 0 saturated carbocycles. The summed E-state index contributed by atoms with van der Waals surface area (Å²) < 4.78 is 0. The van der Waals surface area contributed by atoms with Gasteiger partial charge in [-0.3, -0.25) is 0 Å². The van der Waals surface area contributed by atoms with Gasteiger partial charge in [0.25, 0.3) is 0 Å². The van der Waals surface area contributed by atoms with Crippen molar-refractivity contribution in [2.75, 3.05) is 13.1 Å². The molecule has 0 saturated heterocycles. The van der Waals surface area contributed by atoms with E-state index >= 15 is 0 Å². The van der Waals surface area contributed by atoms with Crippen LogP contribution < -0.4 is 5.73 Å². The predicted molar refractivity (Wildman–Crippen MR) is 58.0 cm³/mol. The van der Waals surface area contributed by atoms with Gasteiger partial charge in [0.2, 0.25) is 0 Å². The van der Waals surface area contributed by atoms with Crippen LogP contribution in [0.25, 0.3) is 0 Å². The van der Waals surface area contributed by atoms with E-state index < -0.39 is 0 Å². The number of thiocarbonyl (C=S) groups is 1. The first kappa shape index (κ1) is 11.7. The largest absolute Gasteiger partial charge is 0.376 e. The van der Waals surface area contributed by atoms with Crippen molar-refractivity contribution in [2.24, 2.45) is 17.6 Å². The molecule has 0 atom stereocenters. The van der Waals surface area contributed by atoms with Crippen LogP contribution in [-0.4, -0.2) is 23.1 Å². The van der Waals surface area contributed by atoms with Gasteiger partial charge in [-0.05, 0) is 24.1 Å². The van der Waals surface area contributed by atoms with Gasteiger partial charge in [0.1, 0.15) is 0 Å². The molecule has 0 aliphatic rings. The summed E-state index contributed by atoms with van der Waals surface area (Å²) in [6.45, 7) is 10.6. The van der Waals surface area contributed by atoms with Crippen molar-refractivity contribution in [2.45, 2.75) is 27.7 Å². The molecule has 0 radical (unpaired) electrons. The Kier molecular flexibility index (Phi) is 5.22. The molecule has 0 aliphatic carbocycles. The van der Waals surface area contributed by atoms with E-state index in [9.17, 15) is 0 Å². The Morgan fingerprint density at radius 3 is 1.67 bits per heavy atom. The third kappa shape index (κ3) is 5.35. The van der Waals surface area contributed by atoms with E-state index in [2.05, 4.69) is 32.6 Å². The van der Waals surface area contributed by atoms with E-state index in [1.807, 2.05) is 0 Å². The molecule has 0 spiro atoms. The maximum atomic E-state index is 5.59. The summed E-state index contributed by atoms with van der Waals surface area (Å²) in [4.78, 5) is 2.07. The molecule has 0 heterocycles. The van der Waals surface area contributed by atoms with Gasteiger partial charge in [-0.15, -0.1) is 0 Å². The summed E-state index contributed by atoms with van der Waals surface area (Å²) in [6.07, 6.45) is 0. The average molecular weight is 188 g/mol. The van der Waals surface area contributed by atoms with Crippen molar-refractivity contribution < 1.29 is 0 Å². The molecule has 0 bridgehead atoms. The minimum absolute atomic E-state index is 0.525. The second-order valence-corrected chi connectivity index (χ2v) is 4.45. The lowest BCUT2D eigenvalue weighted by atomic mass is 10.1. The fourth-order valence-electron chi connectivity index (χ4n) is 1.14. The standard InChI is InChI=1S/C9H20N2S/c1-7(2)5-11(9(10)12)6-8(3)4/h7-8H,5-6H2,1-4H3,(H2,10,12). The van der Waals surface area contributed by atoms with Crippen LogP contribution in [0.4, 0.5) is 0 Å². The molecular formula is C9H20N2S. The topological polar surface area (TPSA) is 29.3 Å². The second kappa shape index (κ2) is 5.36. The molecule has 0 unspecified atom stereocenters. The van der Waals surface area contributed by atoms with E-state index in [0.29, 0.717) is 16.9 Å². The Morgan fingerprint density at radius 2 is 1.50 bits per heavy atom. The Balaban J connectivity index is 3.96. The van der Waals surface area contributed by atoms with E-state index in [1.165, 1.54) is 0 Å². The summed E-state index contributed by atoms with van der Waals surface area (Å²) in [5, 5.41) is 0.525. The Hall–Kier alpha value is -0.310. The van der Waals surface area contributed by atoms with E-state index in [4.69, 9.17) is 18.0 Å². The first-order chi connectivity index (χ1) is 5.43. The molecule has 72 valence electrons. The number of nitrogens with two attached hydrogens (primary N) is 1. The smallest absolute Gasteiger partial charge is 0.166 e. The Labute approximate surface area is 81.1 Å². The average Bonchev–Trinajstić information content (AvgIpc) is 1.83. The molecule has 0 aliphatic heterocycles. The maximum absolute atomic E-state index is 5.59. The molecule has 2 N–H and O–H groups in total. The highest BCUT2D eigenvalue weighted by molar-refractivity contribution is 7.80. The predicted octanol–water partition coefficient (Wildman–Crippen LogP) is 1.84. The molecule has 0 rings (SSSR count). The van der Waals surface area contributed by atoms with Crippen LogP contribution in [0, 0.1) is 11.8 Å². The number of hydrogen-bond donors (Lipinski definition) is 1. The van der Waals surface area contributed by atoms with Gasteiger partial charge in [0, 0.05) is 13.1 Å². The molecule has 0 fully saturated rings. The highest BCUT2D eigenvalue weighted by Crippen LogP contribution is 2.02. The van der Waals surface area contributed by atoms with Crippen LogP contribution in [0.1, 0.15) is 27.7 Å². The van der Waals surface area contributed by atoms with E-state index in [-0.39, 0.29) is 0 Å². The quantitative estimate of drug-likeness (QED) is 0.683. The SMILES string of the molecule is CC(C)CN(CC(C)C)C(N)=S. The van der Waals surface area contributed by atoms with Gasteiger partial charge >= 0.3 is 0 Å². The van der Waals surface area contributed by atoms with Crippen LogP contribution in [0.2, 0.25) is 0 Å². The van der Waals surface area contributed by atoms with Crippen molar-refractivity contribution in [3.8, 4) is 0 Å². The first-order valence-corrected chi connectivity index (χ1v) is 4.88. The van der Waals surface area contributed by atoms with Crippen LogP contribution in [0.15, 0.2) is 0 Å². The van der Waals surface area contributed by atoms with Crippen molar-refractivity contribution >= 4 is 17.3 Å². The van der Waals surface area contributed by atoms with Gasteiger partial charge in [0.05, 0.1) is 0 Å². The minimum atomic E-state index is 0.525. The number of nitrogens with zero attached hydrogens (tertiary/aromatic N) is 1. The Bertz CT molecular complexity index is 133. The van der Waals surface area contributed by atoms with Crippen molar-refractivity contribution in [1.82, 2.24) is 4.90 Å². The monoisotopic (exact) mass is 188 g/mol. The first-order valence-electron chi connectivity index (χ1n) is 4.47. The van der Waals surface area contributed by atoms with Crippen LogP contribution in [0.5, 0.6) is 0 Å². The summed E-state index contributed by atoms with van der Waals surface area (Å²) in [7, 11) is 0. The molecule has 12 heavy (non-hydrogen) atoms. The third-order valence-corrected chi connectivity index (χ3v) is 1.74. The minimum Gasteiger partial charge on any atom is -0.376 e. The maximum Gasteiger partial charge on any atom is 0.166 e. The van der Waals surface area contributed by atoms with E-state index in [1.54, 1.807) is 0 Å². The number of rotatable bonds is 4. The molecular weight excluding hydrogens is 168 g/mol. The second-order valence-electron chi connectivity index (χ2n) is 4.03. The lowest BCUT2D eigenvalue weighted by Crippen LogP contribution is -2.40. The molecule has 0 amide bonds. The van der Waals surface area contributed by atoms with Gasteiger partial charge in [-0.25, -0.2) is 0 Å². The zero-order valence-corrected chi connectivity index (χ0v) is 9.32. The molecule has 3 heteroatoms. The normalized spacial score (nSPS) is 10.8. The van der Waals surface area contributed by atoms with Crippen molar-refractivity contribution in [3.63, 3.8) is 0 Å². The van der Waals surface area contributed by atoms with Crippen molar-refractivity contribution in [1.29, 1.82) is 0 Å². The van der Waals surface area contributed by atoms with Gasteiger partial charge in [0.15, 0.2) is 5.11 Å². The molecule has 0 aromatic carbocycles. The summed E-state index contributed by atoms with van der Waals surface area (Å²) >= 11 is 4.96. The highest BCUT2D eigenvalue weighted by atomic mass is 32.1. The fourth-order valence-corrected chi connectivity index (χ4v) is 1.29. The lowest BCUT2D eigenvalue weighted by Gasteiger charge is -2.26. The van der Waals surface area contributed by atoms with Gasteiger partial charge < -0.3 is 10.6 Å². The fraction of sp³-hybridized carbons (Fsp3) is 0.889. The van der Waals surface area contributed by atoms with Gasteiger partial charge in [-0.2, -0.15) is 0 Å². The zero-order chi connectivity index (χ0) is 9.72. The van der Waals surface area contributed by atoms with Crippen molar-refractivity contribution in [3.05, 3.63) is 0 Å². The molecule has 0 aromatic rings. The van der Waals surface area contributed by atoms with Crippen LogP contribution in [0.3, 0.4) is 0 Å². The van der Waals surface area contributed by atoms with Crippen LogP contribution >= 0.6 is 12.2 Å².